The Kier molecular flexibility index (Phi) is 6.44. The Morgan fingerprint density at radius 2 is 2.00 bits per heavy atom. The Bertz CT molecular complexity index is 1150. The number of nitrogens with zero attached hydrogens (tertiary/aromatic N) is 5. The molecule has 0 bridgehead atoms. The minimum Gasteiger partial charge on any atom is -0.454 e. The lowest BCUT2D eigenvalue weighted by molar-refractivity contribution is 0.0928. The number of fused-ring (bicyclic) bond motifs is 2. The number of aromatic nitrogens is 4. The summed E-state index contributed by atoms with van der Waals surface area (Å²) < 4.78 is 13.1. The van der Waals surface area contributed by atoms with Gasteiger partial charge in [0.25, 0.3) is 5.91 Å². The quantitative estimate of drug-likeness (QED) is 0.577. The van der Waals surface area contributed by atoms with Crippen LogP contribution in [0, 0.1) is 5.92 Å². The summed E-state index contributed by atoms with van der Waals surface area (Å²) in [6.45, 7) is 7.96. The van der Waals surface area contributed by atoms with Crippen LogP contribution in [-0.4, -0.2) is 50.4 Å². The van der Waals surface area contributed by atoms with Crippen molar-refractivity contribution in [2.45, 2.75) is 45.8 Å². The summed E-state index contributed by atoms with van der Waals surface area (Å²) in [4.78, 5) is 19.4. The molecule has 3 aromatic rings. The molecule has 178 valence electrons. The van der Waals surface area contributed by atoms with E-state index in [-0.39, 0.29) is 18.7 Å². The summed E-state index contributed by atoms with van der Waals surface area (Å²) in [6, 6.07) is 9.46. The number of carbonyl (C=O) groups excluding carboxylic acids is 1. The van der Waals surface area contributed by atoms with Gasteiger partial charge in [-0.05, 0) is 42.2 Å². The van der Waals surface area contributed by atoms with Gasteiger partial charge in [-0.25, -0.2) is 0 Å². The van der Waals surface area contributed by atoms with E-state index >= 15 is 0 Å². The van der Waals surface area contributed by atoms with Gasteiger partial charge >= 0.3 is 0 Å². The maximum Gasteiger partial charge on any atom is 0.253 e. The van der Waals surface area contributed by atoms with E-state index in [2.05, 4.69) is 55.9 Å². The lowest BCUT2D eigenvalue weighted by Crippen LogP contribution is -2.32. The Morgan fingerprint density at radius 1 is 1.12 bits per heavy atom. The van der Waals surface area contributed by atoms with Gasteiger partial charge in [0.2, 0.25) is 6.79 Å². The summed E-state index contributed by atoms with van der Waals surface area (Å²) in [6.07, 6.45) is 4.84. The fraction of sp³-hybridized carbons (Fsp3) is 0.440. The lowest BCUT2D eigenvalue weighted by atomic mass is 10.0. The van der Waals surface area contributed by atoms with Gasteiger partial charge in [0, 0.05) is 45.0 Å². The number of hydrogen-bond donors (Lipinski definition) is 1. The first-order chi connectivity index (χ1) is 16.6. The minimum absolute atomic E-state index is 0.144. The second-order valence-electron chi connectivity index (χ2n) is 9.24. The summed E-state index contributed by atoms with van der Waals surface area (Å²) >= 11 is 0. The van der Waals surface area contributed by atoms with Crippen LogP contribution in [0.2, 0.25) is 0 Å². The number of rotatable bonds is 7. The predicted octanol–water partition coefficient (Wildman–Crippen LogP) is 2.98. The molecule has 1 aromatic carbocycles. The zero-order valence-electron chi connectivity index (χ0n) is 19.6. The number of ether oxygens (including phenoxy) is 2. The predicted molar refractivity (Wildman–Crippen MR) is 125 cm³/mol. The van der Waals surface area contributed by atoms with Gasteiger partial charge < -0.3 is 19.4 Å². The standard InChI is InChI=1S/C25H30N6O3/c1-17(2)12-20(27-25(32)19-4-3-8-26-14-19)24-29-28-23-7-9-30(10-11-31(23)24)15-18-5-6-21-22(13-18)34-16-33-21/h3-6,8,13-14,17,20H,7,9-12,15-16H2,1-2H3,(H,27,32)/t20-/m0/s1. The average Bonchev–Trinajstić information content (AvgIpc) is 3.42. The first-order valence-electron chi connectivity index (χ1n) is 11.8. The second kappa shape index (κ2) is 9.80. The number of nitrogens with one attached hydrogen (secondary N) is 1. The van der Waals surface area contributed by atoms with Crippen LogP contribution in [0.5, 0.6) is 11.5 Å². The van der Waals surface area contributed by atoms with Crippen LogP contribution in [0.3, 0.4) is 0 Å². The molecule has 34 heavy (non-hydrogen) atoms. The summed E-state index contributed by atoms with van der Waals surface area (Å²) in [7, 11) is 0. The highest BCUT2D eigenvalue weighted by Crippen LogP contribution is 2.33. The molecule has 0 spiro atoms. The van der Waals surface area contributed by atoms with E-state index < -0.39 is 0 Å². The highest BCUT2D eigenvalue weighted by molar-refractivity contribution is 5.94. The van der Waals surface area contributed by atoms with E-state index in [0.29, 0.717) is 11.5 Å². The topological polar surface area (TPSA) is 94.4 Å². The van der Waals surface area contributed by atoms with Crippen molar-refractivity contribution in [1.29, 1.82) is 0 Å². The molecule has 4 heterocycles. The highest BCUT2D eigenvalue weighted by atomic mass is 16.7. The van der Waals surface area contributed by atoms with Crippen LogP contribution in [0.4, 0.5) is 0 Å². The van der Waals surface area contributed by atoms with E-state index in [1.54, 1.807) is 24.5 Å². The molecule has 1 atom stereocenters. The molecule has 0 fully saturated rings. The number of carbonyl (C=O) groups is 1. The van der Waals surface area contributed by atoms with Gasteiger partial charge in [-0.2, -0.15) is 0 Å². The lowest BCUT2D eigenvalue weighted by Gasteiger charge is -2.22. The zero-order chi connectivity index (χ0) is 23.5. The highest BCUT2D eigenvalue weighted by Gasteiger charge is 2.26. The van der Waals surface area contributed by atoms with Crippen molar-refractivity contribution >= 4 is 5.91 Å². The van der Waals surface area contributed by atoms with Crippen molar-refractivity contribution in [3.8, 4) is 11.5 Å². The monoisotopic (exact) mass is 462 g/mol. The minimum atomic E-state index is -0.214. The molecular weight excluding hydrogens is 432 g/mol. The van der Waals surface area contributed by atoms with E-state index in [9.17, 15) is 4.79 Å². The van der Waals surface area contributed by atoms with Gasteiger partial charge in [-0.1, -0.05) is 19.9 Å². The van der Waals surface area contributed by atoms with Crippen LogP contribution in [0.25, 0.3) is 0 Å². The molecule has 2 aromatic heterocycles. The molecule has 1 amide bonds. The third-order valence-electron chi connectivity index (χ3n) is 6.24. The maximum absolute atomic E-state index is 12.9. The van der Waals surface area contributed by atoms with Crippen LogP contribution >= 0.6 is 0 Å². The van der Waals surface area contributed by atoms with Gasteiger partial charge in [0.05, 0.1) is 11.6 Å². The molecule has 9 nitrogen and oxygen atoms in total. The van der Waals surface area contributed by atoms with Gasteiger partial charge in [-0.15, -0.1) is 10.2 Å². The van der Waals surface area contributed by atoms with Crippen LogP contribution in [-0.2, 0) is 19.5 Å². The SMILES string of the molecule is CC(C)C[C@H](NC(=O)c1cccnc1)c1nnc2n1CCN(Cc1ccc3c(c1)OCO3)CC2. The first-order valence-corrected chi connectivity index (χ1v) is 11.8. The summed E-state index contributed by atoms with van der Waals surface area (Å²) in [5.74, 6) is 3.65. The smallest absolute Gasteiger partial charge is 0.253 e. The van der Waals surface area contributed by atoms with Crippen LogP contribution < -0.4 is 14.8 Å². The Morgan fingerprint density at radius 3 is 2.82 bits per heavy atom. The molecule has 2 aliphatic rings. The Labute approximate surface area is 199 Å². The zero-order valence-corrected chi connectivity index (χ0v) is 19.6. The van der Waals surface area contributed by atoms with Crippen molar-refractivity contribution in [2.24, 2.45) is 5.92 Å². The van der Waals surface area contributed by atoms with Crippen molar-refractivity contribution in [2.75, 3.05) is 19.9 Å². The molecule has 0 aliphatic carbocycles. The van der Waals surface area contributed by atoms with Gasteiger partial charge in [0.1, 0.15) is 5.82 Å². The fourth-order valence-corrected chi connectivity index (χ4v) is 4.54. The first kappa shape index (κ1) is 22.3. The summed E-state index contributed by atoms with van der Waals surface area (Å²) in [5.41, 5.74) is 1.74. The molecule has 5 rings (SSSR count). The van der Waals surface area contributed by atoms with Gasteiger partial charge in [-0.3, -0.25) is 14.7 Å². The van der Waals surface area contributed by atoms with Crippen molar-refractivity contribution in [3.63, 3.8) is 0 Å². The third-order valence-corrected chi connectivity index (χ3v) is 6.24. The number of amides is 1. The fourth-order valence-electron chi connectivity index (χ4n) is 4.54. The van der Waals surface area contributed by atoms with Crippen molar-refractivity contribution in [1.82, 2.24) is 30.0 Å². The number of hydrogen-bond acceptors (Lipinski definition) is 7. The van der Waals surface area contributed by atoms with E-state index in [0.717, 1.165) is 62.2 Å². The van der Waals surface area contributed by atoms with Crippen LogP contribution in [0.15, 0.2) is 42.7 Å². The number of pyridine rings is 1. The van der Waals surface area contributed by atoms with E-state index in [1.165, 1.54) is 5.56 Å². The Hall–Kier alpha value is -3.46. The molecule has 0 saturated heterocycles. The third kappa shape index (κ3) is 4.89. The molecule has 1 N–H and O–H groups in total. The summed E-state index contributed by atoms with van der Waals surface area (Å²) in [5, 5.41) is 12.2. The average molecular weight is 463 g/mol. The largest absolute Gasteiger partial charge is 0.454 e. The molecule has 0 saturated carbocycles. The maximum atomic E-state index is 12.9. The normalized spacial score (nSPS) is 16.2. The van der Waals surface area contributed by atoms with E-state index in [1.807, 2.05) is 6.07 Å². The number of benzene rings is 1. The second-order valence-corrected chi connectivity index (χ2v) is 9.24. The molecule has 0 unspecified atom stereocenters. The van der Waals surface area contributed by atoms with Crippen LogP contribution in [0.1, 0.15) is 53.9 Å². The molecule has 0 radical (unpaired) electrons. The molecule has 9 heteroatoms. The van der Waals surface area contributed by atoms with Crippen molar-refractivity contribution in [3.05, 3.63) is 65.5 Å². The molecular formula is C25H30N6O3. The van der Waals surface area contributed by atoms with E-state index in [4.69, 9.17) is 9.47 Å². The Balaban J connectivity index is 1.30. The molecule has 2 aliphatic heterocycles. The van der Waals surface area contributed by atoms with Crippen molar-refractivity contribution < 1.29 is 14.3 Å². The van der Waals surface area contributed by atoms with Gasteiger partial charge in [0.15, 0.2) is 17.3 Å².